The Morgan fingerprint density at radius 3 is 2.94 bits per heavy atom. The Bertz CT molecular complexity index is 406. The van der Waals surface area contributed by atoms with E-state index in [1.165, 1.54) is 0 Å². The van der Waals surface area contributed by atoms with Gasteiger partial charge >= 0.3 is 0 Å². The maximum absolute atomic E-state index is 11.7. The number of amides is 1. The topological polar surface area (TPSA) is 41.1 Å². The first-order chi connectivity index (χ1) is 7.70. The van der Waals surface area contributed by atoms with Crippen LogP contribution >= 0.6 is 11.6 Å². The lowest BCUT2D eigenvalue weighted by Gasteiger charge is -2.26. The third-order valence-corrected chi connectivity index (χ3v) is 2.97. The van der Waals surface area contributed by atoms with E-state index in [1.807, 2.05) is 12.1 Å². The van der Waals surface area contributed by atoms with E-state index in [0.717, 1.165) is 30.6 Å². The zero-order valence-electron chi connectivity index (χ0n) is 9.22. The molecule has 1 aromatic carbocycles. The molecule has 0 fully saturated rings. The van der Waals surface area contributed by atoms with Crippen LogP contribution in [0.5, 0.6) is 0 Å². The van der Waals surface area contributed by atoms with E-state index in [9.17, 15) is 4.79 Å². The van der Waals surface area contributed by atoms with E-state index in [4.69, 9.17) is 11.6 Å². The minimum atomic E-state index is -0.133. The monoisotopic (exact) mass is 238 g/mol. The minimum Gasteiger partial charge on any atom is -0.372 e. The van der Waals surface area contributed by atoms with Crippen molar-refractivity contribution in [1.82, 2.24) is 0 Å². The Labute approximate surface area is 100 Å². The summed E-state index contributed by atoms with van der Waals surface area (Å²) in [5, 5.41) is 6.79. The highest BCUT2D eigenvalue weighted by Gasteiger charge is 2.24. The highest BCUT2D eigenvalue weighted by Crippen LogP contribution is 2.30. The minimum absolute atomic E-state index is 0.0447. The van der Waals surface area contributed by atoms with Gasteiger partial charge in [-0.1, -0.05) is 31.4 Å². The molecule has 16 heavy (non-hydrogen) atoms. The number of carbonyl (C=O) groups excluding carboxylic acids is 1. The van der Waals surface area contributed by atoms with Crippen LogP contribution in [0.4, 0.5) is 11.4 Å². The van der Waals surface area contributed by atoms with Gasteiger partial charge in [0.25, 0.3) is 0 Å². The average Bonchev–Trinajstić information content (AvgIpc) is 2.27. The van der Waals surface area contributed by atoms with Crippen LogP contribution in [0.25, 0.3) is 0 Å². The van der Waals surface area contributed by atoms with Crippen molar-refractivity contribution in [2.75, 3.05) is 10.6 Å². The fourth-order valence-corrected chi connectivity index (χ4v) is 2.00. The molecule has 1 heterocycles. The molecule has 1 unspecified atom stereocenters. The molecule has 0 radical (unpaired) electrons. The van der Waals surface area contributed by atoms with E-state index in [-0.39, 0.29) is 11.9 Å². The maximum Gasteiger partial charge on any atom is 0.246 e. The number of rotatable bonds is 3. The fraction of sp³-hybridized carbons (Fsp3) is 0.417. The summed E-state index contributed by atoms with van der Waals surface area (Å²) in [7, 11) is 0. The zero-order chi connectivity index (χ0) is 11.5. The number of carbonyl (C=O) groups is 1. The molecule has 1 atom stereocenters. The first kappa shape index (κ1) is 11.3. The van der Waals surface area contributed by atoms with Crippen molar-refractivity contribution in [2.45, 2.75) is 32.2 Å². The molecule has 0 saturated carbocycles. The highest BCUT2D eigenvalue weighted by atomic mass is 35.5. The number of nitrogens with one attached hydrogen (secondary N) is 2. The van der Waals surface area contributed by atoms with E-state index < -0.39 is 0 Å². The third kappa shape index (κ3) is 2.30. The number of anilines is 2. The molecule has 0 saturated heterocycles. The number of halogens is 1. The van der Waals surface area contributed by atoms with E-state index in [1.54, 1.807) is 6.07 Å². The van der Waals surface area contributed by atoms with Gasteiger partial charge in [0.15, 0.2) is 0 Å². The maximum atomic E-state index is 11.7. The van der Waals surface area contributed by atoms with Crippen molar-refractivity contribution < 1.29 is 4.79 Å². The molecule has 0 aromatic heterocycles. The number of unbranched alkanes of at least 4 members (excludes halogenated alkanes) is 1. The highest BCUT2D eigenvalue weighted by molar-refractivity contribution is 6.31. The molecule has 4 heteroatoms. The molecule has 3 nitrogen and oxygen atoms in total. The van der Waals surface area contributed by atoms with Gasteiger partial charge in [-0.25, -0.2) is 0 Å². The van der Waals surface area contributed by atoms with Crippen LogP contribution < -0.4 is 10.6 Å². The molecule has 2 N–H and O–H groups in total. The van der Waals surface area contributed by atoms with Crippen molar-refractivity contribution in [3.63, 3.8) is 0 Å². The fourth-order valence-electron chi connectivity index (χ4n) is 1.83. The molecule has 1 aliphatic heterocycles. The molecule has 1 amide bonds. The van der Waals surface area contributed by atoms with Gasteiger partial charge in [0, 0.05) is 5.02 Å². The number of hydrogen-bond acceptors (Lipinski definition) is 2. The predicted octanol–water partition coefficient (Wildman–Crippen LogP) is 3.26. The van der Waals surface area contributed by atoms with Crippen LogP contribution in [-0.4, -0.2) is 11.9 Å². The molecule has 1 aromatic rings. The molecule has 2 rings (SSSR count). The number of hydrogen-bond donors (Lipinski definition) is 2. The Kier molecular flexibility index (Phi) is 3.34. The third-order valence-electron chi connectivity index (χ3n) is 2.73. The summed E-state index contributed by atoms with van der Waals surface area (Å²) in [5.74, 6) is 0.0447. The summed E-state index contributed by atoms with van der Waals surface area (Å²) in [6.45, 7) is 2.12. The largest absolute Gasteiger partial charge is 0.372 e. The second kappa shape index (κ2) is 4.74. The Hall–Kier alpha value is -1.22. The van der Waals surface area contributed by atoms with Crippen molar-refractivity contribution in [2.24, 2.45) is 0 Å². The molecule has 0 aliphatic carbocycles. The van der Waals surface area contributed by atoms with E-state index in [2.05, 4.69) is 17.6 Å². The first-order valence-corrected chi connectivity index (χ1v) is 5.95. The second-order valence-corrected chi connectivity index (χ2v) is 4.45. The van der Waals surface area contributed by atoms with Gasteiger partial charge in [0.2, 0.25) is 5.91 Å². The summed E-state index contributed by atoms with van der Waals surface area (Å²) < 4.78 is 0. The van der Waals surface area contributed by atoms with Gasteiger partial charge in [-0.05, 0) is 24.6 Å². The summed E-state index contributed by atoms with van der Waals surface area (Å²) in [4.78, 5) is 11.7. The summed E-state index contributed by atoms with van der Waals surface area (Å²) in [6, 6.07) is 5.30. The smallest absolute Gasteiger partial charge is 0.246 e. The number of fused-ring (bicyclic) bond motifs is 1. The van der Waals surface area contributed by atoms with E-state index >= 15 is 0 Å². The quantitative estimate of drug-likeness (QED) is 0.849. The molecule has 86 valence electrons. The second-order valence-electron chi connectivity index (χ2n) is 4.02. The van der Waals surface area contributed by atoms with Crippen LogP contribution in [-0.2, 0) is 4.79 Å². The summed E-state index contributed by atoms with van der Waals surface area (Å²) in [6.07, 6.45) is 2.99. The Morgan fingerprint density at radius 1 is 1.38 bits per heavy atom. The van der Waals surface area contributed by atoms with Crippen LogP contribution in [0.15, 0.2) is 18.2 Å². The summed E-state index contributed by atoms with van der Waals surface area (Å²) >= 11 is 5.91. The lowest BCUT2D eigenvalue weighted by molar-refractivity contribution is -0.117. The van der Waals surface area contributed by atoms with Crippen LogP contribution in [0, 0.1) is 0 Å². The lowest BCUT2D eigenvalue weighted by atomic mass is 10.1. The lowest BCUT2D eigenvalue weighted by Crippen LogP contribution is -2.38. The van der Waals surface area contributed by atoms with E-state index in [0.29, 0.717) is 5.02 Å². The molecule has 0 spiro atoms. The Morgan fingerprint density at radius 2 is 2.19 bits per heavy atom. The van der Waals surface area contributed by atoms with Gasteiger partial charge in [0.1, 0.15) is 6.04 Å². The standard InChI is InChI=1S/C12H15ClN2O/c1-2-3-4-10-12(16)15-9-6-5-8(13)7-11(9)14-10/h5-7,10,14H,2-4H2,1H3,(H,15,16). The van der Waals surface area contributed by atoms with Crippen molar-refractivity contribution in [1.29, 1.82) is 0 Å². The van der Waals surface area contributed by atoms with Crippen molar-refractivity contribution >= 4 is 28.9 Å². The predicted molar refractivity (Wildman–Crippen MR) is 67.0 cm³/mol. The van der Waals surface area contributed by atoms with Gasteiger partial charge in [-0.2, -0.15) is 0 Å². The first-order valence-electron chi connectivity index (χ1n) is 5.57. The molecular weight excluding hydrogens is 224 g/mol. The molecular formula is C12H15ClN2O. The van der Waals surface area contributed by atoms with Crippen LogP contribution in [0.2, 0.25) is 5.02 Å². The normalized spacial score (nSPS) is 18.6. The van der Waals surface area contributed by atoms with Gasteiger partial charge in [-0.3, -0.25) is 4.79 Å². The van der Waals surface area contributed by atoms with Crippen molar-refractivity contribution in [3.8, 4) is 0 Å². The van der Waals surface area contributed by atoms with Crippen molar-refractivity contribution in [3.05, 3.63) is 23.2 Å². The van der Waals surface area contributed by atoms with Crippen LogP contribution in [0.1, 0.15) is 26.2 Å². The number of benzene rings is 1. The Balaban J connectivity index is 2.16. The molecule has 0 bridgehead atoms. The molecule has 1 aliphatic rings. The zero-order valence-corrected chi connectivity index (χ0v) is 9.97. The van der Waals surface area contributed by atoms with Gasteiger partial charge < -0.3 is 10.6 Å². The van der Waals surface area contributed by atoms with Gasteiger partial charge in [-0.15, -0.1) is 0 Å². The van der Waals surface area contributed by atoms with Gasteiger partial charge in [0.05, 0.1) is 11.4 Å². The average molecular weight is 239 g/mol. The SMILES string of the molecule is CCCCC1Nc2cc(Cl)ccc2NC1=O. The van der Waals surface area contributed by atoms with Crippen LogP contribution in [0.3, 0.4) is 0 Å². The summed E-state index contributed by atoms with van der Waals surface area (Å²) in [5.41, 5.74) is 1.72.